The molecule has 0 bridgehead atoms. The lowest BCUT2D eigenvalue weighted by Gasteiger charge is -2.12. The maximum atomic E-state index is 13.3. The number of hydrogen-bond acceptors (Lipinski definition) is 2. The summed E-state index contributed by atoms with van der Waals surface area (Å²) in [7, 11) is 1.86. The van der Waals surface area contributed by atoms with Gasteiger partial charge in [-0.25, -0.2) is 4.39 Å². The lowest BCUT2D eigenvalue weighted by molar-refractivity contribution is 0.622. The van der Waals surface area contributed by atoms with Gasteiger partial charge in [0, 0.05) is 24.3 Å². The summed E-state index contributed by atoms with van der Waals surface area (Å²) in [6, 6.07) is 4.53. The van der Waals surface area contributed by atoms with Crippen LogP contribution in [-0.2, 0) is 13.5 Å². The maximum absolute atomic E-state index is 13.3. The van der Waals surface area contributed by atoms with Crippen LogP contribution >= 0.6 is 11.6 Å². The van der Waals surface area contributed by atoms with E-state index < -0.39 is 5.82 Å². The Kier molecular flexibility index (Phi) is 3.68. The Hall–Kier alpha value is -1.39. The van der Waals surface area contributed by atoms with Crippen LogP contribution in [-0.4, -0.2) is 9.78 Å². The van der Waals surface area contributed by atoms with Gasteiger partial charge < -0.3 is 5.73 Å². The van der Waals surface area contributed by atoms with E-state index in [2.05, 4.69) is 5.10 Å². The fourth-order valence-corrected chi connectivity index (χ4v) is 2.14. The molecule has 0 aliphatic heterocycles. The molecule has 1 unspecified atom stereocenters. The van der Waals surface area contributed by atoms with Gasteiger partial charge in [0.2, 0.25) is 0 Å². The van der Waals surface area contributed by atoms with Crippen LogP contribution in [0.15, 0.2) is 24.4 Å². The van der Waals surface area contributed by atoms with Crippen LogP contribution in [0.3, 0.4) is 0 Å². The van der Waals surface area contributed by atoms with Gasteiger partial charge in [0.25, 0.3) is 0 Å². The first-order valence-corrected chi connectivity index (χ1v) is 6.05. The average molecular weight is 268 g/mol. The monoisotopic (exact) mass is 267 g/mol. The molecule has 3 nitrogen and oxygen atoms in total. The highest BCUT2D eigenvalue weighted by Crippen LogP contribution is 2.25. The molecule has 0 saturated carbocycles. The van der Waals surface area contributed by atoms with Crippen molar-refractivity contribution < 1.29 is 4.39 Å². The normalized spacial score (nSPS) is 12.7. The van der Waals surface area contributed by atoms with Gasteiger partial charge in [-0.2, -0.15) is 5.10 Å². The Balaban J connectivity index is 2.24. The first kappa shape index (κ1) is 13.1. The molecule has 5 heteroatoms. The second kappa shape index (κ2) is 5.08. The van der Waals surface area contributed by atoms with E-state index >= 15 is 0 Å². The lowest BCUT2D eigenvalue weighted by atomic mass is 10.0. The number of halogens is 2. The van der Waals surface area contributed by atoms with Gasteiger partial charge in [0.15, 0.2) is 0 Å². The molecule has 2 N–H and O–H groups in total. The molecule has 18 heavy (non-hydrogen) atoms. The van der Waals surface area contributed by atoms with Crippen LogP contribution in [0.25, 0.3) is 0 Å². The second-order valence-electron chi connectivity index (χ2n) is 4.33. The van der Waals surface area contributed by atoms with Crippen molar-refractivity contribution in [3.63, 3.8) is 0 Å². The summed E-state index contributed by atoms with van der Waals surface area (Å²) in [4.78, 5) is 0. The summed E-state index contributed by atoms with van der Waals surface area (Å²) in [6.07, 6.45) is 2.23. The third kappa shape index (κ3) is 2.40. The number of nitrogens with zero attached hydrogens (tertiary/aromatic N) is 2. The molecule has 2 aromatic rings. The molecule has 1 heterocycles. The van der Waals surface area contributed by atoms with E-state index in [0.717, 1.165) is 11.3 Å². The van der Waals surface area contributed by atoms with Crippen molar-refractivity contribution in [1.29, 1.82) is 0 Å². The van der Waals surface area contributed by atoms with Gasteiger partial charge in [-0.15, -0.1) is 0 Å². The zero-order valence-corrected chi connectivity index (χ0v) is 11.1. The standard InChI is InChI=1S/C13H15ClFN3/c1-8-10(7-17-18(8)2)12(16)6-9-4-3-5-11(15)13(9)14/h3-5,7,12H,6,16H2,1-2H3. The zero-order chi connectivity index (χ0) is 13.3. The summed E-state index contributed by atoms with van der Waals surface area (Å²) >= 11 is 5.92. The predicted octanol–water partition coefficient (Wildman–Crippen LogP) is 2.76. The van der Waals surface area contributed by atoms with E-state index in [1.54, 1.807) is 23.0 Å². The smallest absolute Gasteiger partial charge is 0.142 e. The summed E-state index contributed by atoms with van der Waals surface area (Å²) in [6.45, 7) is 1.95. The van der Waals surface area contributed by atoms with Gasteiger partial charge in [0.05, 0.1) is 11.2 Å². The molecule has 0 radical (unpaired) electrons. The van der Waals surface area contributed by atoms with Crippen molar-refractivity contribution in [1.82, 2.24) is 9.78 Å². The number of aromatic nitrogens is 2. The van der Waals surface area contributed by atoms with Gasteiger partial charge in [-0.05, 0) is 25.0 Å². The van der Waals surface area contributed by atoms with E-state index in [0.29, 0.717) is 12.0 Å². The highest BCUT2D eigenvalue weighted by molar-refractivity contribution is 6.31. The quantitative estimate of drug-likeness (QED) is 0.929. The molecule has 96 valence electrons. The van der Waals surface area contributed by atoms with Crippen LogP contribution in [0, 0.1) is 12.7 Å². The van der Waals surface area contributed by atoms with Gasteiger partial charge in [-0.1, -0.05) is 23.7 Å². The van der Waals surface area contributed by atoms with E-state index in [1.807, 2.05) is 14.0 Å². The zero-order valence-electron chi connectivity index (χ0n) is 10.3. The van der Waals surface area contributed by atoms with Crippen LogP contribution in [0.1, 0.15) is 22.9 Å². The Bertz CT molecular complexity index is 565. The molecule has 0 fully saturated rings. The first-order valence-electron chi connectivity index (χ1n) is 5.67. The fraction of sp³-hybridized carbons (Fsp3) is 0.308. The average Bonchev–Trinajstić information content (AvgIpc) is 2.66. The molecule has 0 aliphatic rings. The lowest BCUT2D eigenvalue weighted by Crippen LogP contribution is -2.14. The summed E-state index contributed by atoms with van der Waals surface area (Å²) < 4.78 is 15.1. The van der Waals surface area contributed by atoms with Crippen LogP contribution in [0.5, 0.6) is 0 Å². The van der Waals surface area contributed by atoms with E-state index in [1.165, 1.54) is 6.07 Å². The largest absolute Gasteiger partial charge is 0.324 e. The van der Waals surface area contributed by atoms with Crippen LogP contribution in [0.4, 0.5) is 4.39 Å². The van der Waals surface area contributed by atoms with E-state index in [4.69, 9.17) is 17.3 Å². The van der Waals surface area contributed by atoms with Crippen molar-refractivity contribution in [2.75, 3.05) is 0 Å². The highest BCUT2D eigenvalue weighted by Gasteiger charge is 2.15. The summed E-state index contributed by atoms with van der Waals surface area (Å²) in [5.74, 6) is -0.413. The molecular formula is C13H15ClFN3. The van der Waals surface area contributed by atoms with Crippen molar-refractivity contribution in [3.05, 3.63) is 52.1 Å². The topological polar surface area (TPSA) is 43.8 Å². The predicted molar refractivity (Wildman–Crippen MR) is 70.0 cm³/mol. The molecule has 1 aromatic carbocycles. The third-order valence-corrected chi connectivity index (χ3v) is 3.57. The molecular weight excluding hydrogens is 253 g/mol. The summed E-state index contributed by atoms with van der Waals surface area (Å²) in [5, 5.41) is 4.30. The minimum Gasteiger partial charge on any atom is -0.324 e. The molecule has 0 amide bonds. The SMILES string of the molecule is Cc1c(C(N)Cc2cccc(F)c2Cl)cnn1C. The van der Waals surface area contributed by atoms with Crippen LogP contribution < -0.4 is 5.73 Å². The van der Waals surface area contributed by atoms with Crippen LogP contribution in [0.2, 0.25) is 5.02 Å². The van der Waals surface area contributed by atoms with Gasteiger partial charge in [0.1, 0.15) is 5.82 Å². The molecule has 0 saturated heterocycles. The molecule has 0 aliphatic carbocycles. The molecule has 0 spiro atoms. The van der Waals surface area contributed by atoms with Crippen molar-refractivity contribution in [2.24, 2.45) is 12.8 Å². The second-order valence-corrected chi connectivity index (χ2v) is 4.71. The Labute approximate surface area is 110 Å². The maximum Gasteiger partial charge on any atom is 0.142 e. The molecule has 1 atom stereocenters. The minimum atomic E-state index is -0.413. The number of benzene rings is 1. The van der Waals surface area contributed by atoms with Crippen molar-refractivity contribution >= 4 is 11.6 Å². The number of nitrogens with two attached hydrogens (primary N) is 1. The highest BCUT2D eigenvalue weighted by atomic mass is 35.5. The van der Waals surface area contributed by atoms with E-state index in [9.17, 15) is 4.39 Å². The van der Waals surface area contributed by atoms with Gasteiger partial charge >= 0.3 is 0 Å². The molecule has 1 aromatic heterocycles. The molecule has 2 rings (SSSR count). The summed E-state index contributed by atoms with van der Waals surface area (Å²) in [5.41, 5.74) is 8.81. The number of rotatable bonds is 3. The minimum absolute atomic E-state index is 0.148. The Morgan fingerprint density at radius 1 is 1.50 bits per heavy atom. The Morgan fingerprint density at radius 2 is 2.22 bits per heavy atom. The number of hydrogen-bond donors (Lipinski definition) is 1. The van der Waals surface area contributed by atoms with E-state index in [-0.39, 0.29) is 11.1 Å². The first-order chi connectivity index (χ1) is 8.50. The van der Waals surface area contributed by atoms with Gasteiger partial charge in [-0.3, -0.25) is 4.68 Å². The third-order valence-electron chi connectivity index (χ3n) is 3.14. The van der Waals surface area contributed by atoms with Crippen molar-refractivity contribution in [3.8, 4) is 0 Å². The Morgan fingerprint density at radius 3 is 2.83 bits per heavy atom. The number of aryl methyl sites for hydroxylation is 1. The van der Waals surface area contributed by atoms with Crippen molar-refractivity contribution in [2.45, 2.75) is 19.4 Å². The fourth-order valence-electron chi connectivity index (χ4n) is 1.93.